The summed E-state index contributed by atoms with van der Waals surface area (Å²) in [7, 11) is -1.47. The molecule has 34 heavy (non-hydrogen) atoms. The van der Waals surface area contributed by atoms with Gasteiger partial charge in [0.2, 0.25) is 0 Å². The molecule has 0 radical (unpaired) electrons. The molecular formula is C28H53NO3Si2. The topological polar surface area (TPSA) is 40.0 Å². The molecule has 4 saturated carbocycles. The molecule has 0 aromatic carbocycles. The van der Waals surface area contributed by atoms with E-state index in [1.54, 1.807) is 7.11 Å². The van der Waals surface area contributed by atoms with Crippen LogP contribution in [0.2, 0.25) is 39.3 Å². The van der Waals surface area contributed by atoms with Crippen molar-refractivity contribution in [1.29, 1.82) is 0 Å². The van der Waals surface area contributed by atoms with Crippen molar-refractivity contribution in [1.82, 2.24) is 0 Å². The van der Waals surface area contributed by atoms with Gasteiger partial charge in [0.1, 0.15) is 7.11 Å². The summed E-state index contributed by atoms with van der Waals surface area (Å²) in [4.78, 5) is 5.23. The molecule has 9 atom stereocenters. The van der Waals surface area contributed by atoms with Gasteiger partial charge in [-0.15, -0.1) is 0 Å². The van der Waals surface area contributed by atoms with Crippen LogP contribution in [0, 0.1) is 40.4 Å². The van der Waals surface area contributed by atoms with Gasteiger partial charge in [0, 0.05) is 18.1 Å². The number of fused-ring (bicyclic) bond motifs is 5. The van der Waals surface area contributed by atoms with Crippen molar-refractivity contribution in [2.24, 2.45) is 45.6 Å². The summed E-state index contributed by atoms with van der Waals surface area (Å²) in [5.74, 6) is 3.52. The van der Waals surface area contributed by atoms with Gasteiger partial charge < -0.3 is 13.7 Å². The van der Waals surface area contributed by atoms with Crippen molar-refractivity contribution >= 4 is 22.3 Å². The molecule has 0 amide bonds. The minimum atomic E-state index is -1.64. The van der Waals surface area contributed by atoms with Crippen molar-refractivity contribution in [3.63, 3.8) is 0 Å². The van der Waals surface area contributed by atoms with Gasteiger partial charge in [0.05, 0.1) is 5.71 Å². The molecule has 0 N–H and O–H groups in total. The molecule has 0 aliphatic heterocycles. The van der Waals surface area contributed by atoms with Crippen LogP contribution in [0.1, 0.15) is 72.1 Å². The molecule has 4 nitrogen and oxygen atoms in total. The second-order valence-electron chi connectivity index (χ2n) is 14.7. The van der Waals surface area contributed by atoms with E-state index in [2.05, 4.69) is 65.2 Å². The molecular weight excluding hydrogens is 454 g/mol. The molecule has 0 heterocycles. The standard InChI is InChI=1S/C28H53NO3Si2/c1-19(29-30-4)22-11-12-23-26-24(14-16-28(22,23)3)27(2)15-13-21(31-33(5,6)7)17-20(27)18-25(26)32-34(8,9)10/h20-26H,11-18H2,1-10H3/b29-19-/t20-,21+,22+,23-,24-,25?,26-,27-,28+/m0/s1. The smallest absolute Gasteiger partial charge is 0.184 e. The van der Waals surface area contributed by atoms with Gasteiger partial charge in [-0.3, -0.25) is 0 Å². The van der Waals surface area contributed by atoms with Crippen molar-refractivity contribution in [3.8, 4) is 0 Å². The average molecular weight is 508 g/mol. The zero-order chi connectivity index (χ0) is 25.1. The maximum atomic E-state index is 7.13. The lowest BCUT2D eigenvalue weighted by atomic mass is 9.44. The maximum Gasteiger partial charge on any atom is 0.184 e. The van der Waals surface area contributed by atoms with Crippen LogP contribution in [0.25, 0.3) is 0 Å². The molecule has 1 unspecified atom stereocenters. The van der Waals surface area contributed by atoms with E-state index in [1.165, 1.54) is 57.1 Å². The minimum Gasteiger partial charge on any atom is -0.415 e. The Hall–Kier alpha value is -0.176. The first kappa shape index (κ1) is 26.9. The summed E-state index contributed by atoms with van der Waals surface area (Å²) >= 11 is 0. The minimum absolute atomic E-state index is 0.329. The van der Waals surface area contributed by atoms with Crippen molar-refractivity contribution in [2.75, 3.05) is 7.11 Å². The number of nitrogens with zero attached hydrogens (tertiary/aromatic N) is 1. The molecule has 6 heteroatoms. The third-order valence-electron chi connectivity index (χ3n) is 10.4. The summed E-state index contributed by atoms with van der Waals surface area (Å²) in [6.07, 6.45) is 11.2. The summed E-state index contributed by atoms with van der Waals surface area (Å²) in [6.45, 7) is 21.7. The first-order valence-corrected chi connectivity index (χ1v) is 20.9. The van der Waals surface area contributed by atoms with Crippen LogP contribution in [0.5, 0.6) is 0 Å². The number of hydrogen-bond acceptors (Lipinski definition) is 4. The fourth-order valence-corrected chi connectivity index (χ4v) is 11.6. The third kappa shape index (κ3) is 4.99. The van der Waals surface area contributed by atoms with Crippen molar-refractivity contribution in [2.45, 2.75) is 124 Å². The molecule has 0 aromatic heterocycles. The van der Waals surface area contributed by atoms with E-state index in [1.807, 2.05) is 0 Å². The lowest BCUT2D eigenvalue weighted by Crippen LogP contribution is -2.60. The molecule has 0 bridgehead atoms. The van der Waals surface area contributed by atoms with Gasteiger partial charge >= 0.3 is 0 Å². The Morgan fingerprint density at radius 3 is 2.03 bits per heavy atom. The Balaban J connectivity index is 1.65. The van der Waals surface area contributed by atoms with Crippen molar-refractivity contribution < 1.29 is 13.7 Å². The number of rotatable bonds is 6. The number of oxime groups is 1. The van der Waals surface area contributed by atoms with Gasteiger partial charge in [0.25, 0.3) is 0 Å². The fourth-order valence-electron chi connectivity index (χ4n) is 9.24. The highest BCUT2D eigenvalue weighted by atomic mass is 28.4. The van der Waals surface area contributed by atoms with Crippen LogP contribution in [-0.2, 0) is 13.7 Å². The van der Waals surface area contributed by atoms with E-state index in [4.69, 9.17) is 13.7 Å². The Morgan fingerprint density at radius 2 is 1.41 bits per heavy atom. The normalized spacial score (nSPS) is 45.4. The highest BCUT2D eigenvalue weighted by Crippen LogP contribution is 2.68. The quantitative estimate of drug-likeness (QED) is 0.210. The van der Waals surface area contributed by atoms with Crippen LogP contribution in [0.3, 0.4) is 0 Å². The van der Waals surface area contributed by atoms with E-state index in [0.29, 0.717) is 34.9 Å². The fraction of sp³-hybridized carbons (Fsp3) is 0.964. The predicted molar refractivity (Wildman–Crippen MR) is 147 cm³/mol. The highest BCUT2D eigenvalue weighted by Gasteiger charge is 2.63. The molecule has 4 aliphatic rings. The summed E-state index contributed by atoms with van der Waals surface area (Å²) < 4.78 is 13.8. The highest BCUT2D eigenvalue weighted by molar-refractivity contribution is 6.70. The monoisotopic (exact) mass is 507 g/mol. The van der Waals surface area contributed by atoms with Gasteiger partial charge in [-0.25, -0.2) is 0 Å². The lowest BCUT2D eigenvalue weighted by Gasteiger charge is -2.63. The second-order valence-corrected chi connectivity index (χ2v) is 23.6. The van der Waals surface area contributed by atoms with E-state index < -0.39 is 16.6 Å². The lowest BCUT2D eigenvalue weighted by molar-refractivity contribution is -0.164. The maximum absolute atomic E-state index is 7.13. The van der Waals surface area contributed by atoms with Crippen LogP contribution >= 0.6 is 0 Å². The second kappa shape index (κ2) is 9.29. The Labute approximate surface area is 212 Å². The third-order valence-corrected chi connectivity index (χ3v) is 12.4. The first-order valence-electron chi connectivity index (χ1n) is 14.1. The largest absolute Gasteiger partial charge is 0.415 e. The molecule has 196 valence electrons. The molecule has 4 aliphatic carbocycles. The first-order chi connectivity index (χ1) is 15.7. The van der Waals surface area contributed by atoms with E-state index >= 15 is 0 Å². The molecule has 4 rings (SSSR count). The zero-order valence-corrected chi connectivity index (χ0v) is 25.9. The Bertz CT molecular complexity index is 775. The van der Waals surface area contributed by atoms with E-state index in [0.717, 1.165) is 17.8 Å². The summed E-state index contributed by atoms with van der Waals surface area (Å²) in [5.41, 5.74) is 1.98. The van der Waals surface area contributed by atoms with Gasteiger partial charge in [-0.1, -0.05) is 19.0 Å². The average Bonchev–Trinajstić information content (AvgIpc) is 3.04. The summed E-state index contributed by atoms with van der Waals surface area (Å²) in [5, 5.41) is 4.42. The summed E-state index contributed by atoms with van der Waals surface area (Å²) in [6, 6.07) is 0. The van der Waals surface area contributed by atoms with Crippen LogP contribution in [-0.4, -0.2) is 41.7 Å². The SMILES string of the molecule is CO/N=C(/C)[C@H]1CC[C@H]2[C@@H]3C(O[Si](C)(C)C)C[C@@H]4C[C@H](O[Si](C)(C)C)CC[C@]4(C)[C@H]3CC[C@]12C. The van der Waals surface area contributed by atoms with Crippen LogP contribution in [0.4, 0.5) is 0 Å². The molecule has 0 aromatic rings. The van der Waals surface area contributed by atoms with Crippen LogP contribution in [0.15, 0.2) is 5.16 Å². The molecule has 4 fully saturated rings. The Morgan fingerprint density at radius 1 is 0.794 bits per heavy atom. The zero-order valence-electron chi connectivity index (χ0n) is 23.9. The van der Waals surface area contributed by atoms with Gasteiger partial charge in [-0.2, -0.15) is 0 Å². The molecule has 0 spiro atoms. The Kier molecular flexibility index (Phi) is 7.34. The van der Waals surface area contributed by atoms with Crippen LogP contribution < -0.4 is 0 Å². The van der Waals surface area contributed by atoms with E-state index in [-0.39, 0.29) is 0 Å². The molecule has 0 saturated heterocycles. The number of hydrogen-bond donors (Lipinski definition) is 0. The van der Waals surface area contributed by atoms with E-state index in [9.17, 15) is 0 Å². The van der Waals surface area contributed by atoms with Gasteiger partial charge in [-0.05, 0) is 132 Å². The predicted octanol–water partition coefficient (Wildman–Crippen LogP) is 7.72. The van der Waals surface area contributed by atoms with Crippen molar-refractivity contribution in [3.05, 3.63) is 0 Å². The van der Waals surface area contributed by atoms with Gasteiger partial charge in [0.15, 0.2) is 16.6 Å².